The number of hydrogen-bond acceptors (Lipinski definition) is 5. The van der Waals surface area contributed by atoms with Gasteiger partial charge in [0, 0.05) is 13.6 Å². The van der Waals surface area contributed by atoms with E-state index in [4.69, 9.17) is 9.47 Å². The molecule has 0 bridgehead atoms. The van der Waals surface area contributed by atoms with Gasteiger partial charge in [0.15, 0.2) is 11.5 Å². The predicted molar refractivity (Wildman–Crippen MR) is 84.7 cm³/mol. The number of hydrogen-bond donors (Lipinski definition) is 0. The van der Waals surface area contributed by atoms with Crippen molar-refractivity contribution in [2.75, 3.05) is 27.8 Å². The van der Waals surface area contributed by atoms with Crippen LogP contribution in [0.2, 0.25) is 0 Å². The highest BCUT2D eigenvalue weighted by atomic mass is 16.5. The van der Waals surface area contributed by atoms with Crippen LogP contribution in [0.3, 0.4) is 0 Å². The zero-order valence-corrected chi connectivity index (χ0v) is 13.8. The van der Waals surface area contributed by atoms with Crippen LogP contribution < -0.4 is 9.47 Å². The van der Waals surface area contributed by atoms with Gasteiger partial charge in [-0.05, 0) is 30.0 Å². The SMILES string of the molecule is COc1ccc(C(C#N)(CCN(C)N=O)C(C)C)cc1OC. The molecule has 22 heavy (non-hydrogen) atoms. The van der Waals surface area contributed by atoms with E-state index >= 15 is 0 Å². The summed E-state index contributed by atoms with van der Waals surface area (Å²) in [5.74, 6) is 1.27. The molecule has 0 aromatic heterocycles. The molecule has 6 heteroatoms. The van der Waals surface area contributed by atoms with E-state index in [2.05, 4.69) is 11.4 Å². The molecule has 0 heterocycles. The molecular formula is C16H23N3O3. The summed E-state index contributed by atoms with van der Waals surface area (Å²) >= 11 is 0. The second kappa shape index (κ2) is 7.64. The summed E-state index contributed by atoms with van der Waals surface area (Å²) in [6.07, 6.45) is 0.499. The fourth-order valence-corrected chi connectivity index (χ4v) is 2.51. The first kappa shape index (κ1) is 17.8. The van der Waals surface area contributed by atoms with Crippen LogP contribution in [0.5, 0.6) is 11.5 Å². The van der Waals surface area contributed by atoms with Crippen LogP contribution in [-0.4, -0.2) is 32.8 Å². The molecule has 1 atom stereocenters. The normalized spacial score (nSPS) is 13.1. The van der Waals surface area contributed by atoms with Gasteiger partial charge in [-0.25, -0.2) is 0 Å². The molecule has 0 aliphatic heterocycles. The van der Waals surface area contributed by atoms with Crippen molar-refractivity contribution in [3.8, 4) is 17.6 Å². The zero-order valence-electron chi connectivity index (χ0n) is 13.8. The van der Waals surface area contributed by atoms with E-state index in [0.717, 1.165) is 5.56 Å². The fraction of sp³-hybridized carbons (Fsp3) is 0.562. The Balaban J connectivity index is 3.27. The molecule has 0 N–H and O–H groups in total. The van der Waals surface area contributed by atoms with Gasteiger partial charge in [-0.3, -0.25) is 5.01 Å². The third kappa shape index (κ3) is 3.48. The van der Waals surface area contributed by atoms with Gasteiger partial charge in [-0.15, -0.1) is 4.91 Å². The number of nitrogens with zero attached hydrogens (tertiary/aromatic N) is 3. The largest absolute Gasteiger partial charge is 0.493 e. The molecule has 0 spiro atoms. The Morgan fingerprint density at radius 3 is 2.41 bits per heavy atom. The molecule has 1 rings (SSSR count). The van der Waals surface area contributed by atoms with E-state index in [1.165, 1.54) is 5.01 Å². The standard InChI is InChI=1S/C16H23N3O3/c1-12(2)16(11-17,8-9-19(3)18-20)13-6-7-14(21-4)15(10-13)22-5/h6-7,10,12H,8-9H2,1-5H3. The minimum atomic E-state index is -0.724. The van der Waals surface area contributed by atoms with Gasteiger partial charge >= 0.3 is 0 Å². The van der Waals surface area contributed by atoms with E-state index in [-0.39, 0.29) is 5.92 Å². The first-order chi connectivity index (χ1) is 10.4. The lowest BCUT2D eigenvalue weighted by Gasteiger charge is -2.32. The molecular weight excluding hydrogens is 282 g/mol. The number of ether oxygens (including phenoxy) is 2. The minimum absolute atomic E-state index is 0.0654. The van der Waals surface area contributed by atoms with Crippen molar-refractivity contribution >= 4 is 0 Å². The van der Waals surface area contributed by atoms with Gasteiger partial charge in [-0.2, -0.15) is 5.26 Å². The number of rotatable bonds is 8. The summed E-state index contributed by atoms with van der Waals surface area (Å²) < 4.78 is 10.6. The Hall–Kier alpha value is -2.29. The van der Waals surface area contributed by atoms with Crippen molar-refractivity contribution in [3.05, 3.63) is 28.7 Å². The monoisotopic (exact) mass is 305 g/mol. The zero-order chi connectivity index (χ0) is 16.8. The van der Waals surface area contributed by atoms with Crippen LogP contribution in [0.25, 0.3) is 0 Å². The first-order valence-electron chi connectivity index (χ1n) is 7.13. The second-order valence-corrected chi connectivity index (χ2v) is 5.52. The van der Waals surface area contributed by atoms with E-state index in [0.29, 0.717) is 24.5 Å². The summed E-state index contributed by atoms with van der Waals surface area (Å²) in [7, 11) is 4.74. The molecule has 6 nitrogen and oxygen atoms in total. The van der Waals surface area contributed by atoms with E-state index in [9.17, 15) is 10.2 Å². The van der Waals surface area contributed by atoms with Crippen LogP contribution in [0.4, 0.5) is 0 Å². The van der Waals surface area contributed by atoms with Gasteiger partial charge in [0.05, 0.1) is 31.0 Å². The van der Waals surface area contributed by atoms with Crippen LogP contribution >= 0.6 is 0 Å². The van der Waals surface area contributed by atoms with E-state index < -0.39 is 5.41 Å². The predicted octanol–water partition coefficient (Wildman–Crippen LogP) is 3.12. The summed E-state index contributed by atoms with van der Waals surface area (Å²) in [6.45, 7) is 4.39. The van der Waals surface area contributed by atoms with Crippen LogP contribution in [0, 0.1) is 22.2 Å². The highest BCUT2D eigenvalue weighted by Crippen LogP contribution is 2.39. The molecule has 0 aliphatic rings. The first-order valence-corrected chi connectivity index (χ1v) is 7.13. The van der Waals surface area contributed by atoms with Crippen molar-refractivity contribution in [1.82, 2.24) is 5.01 Å². The maximum absolute atomic E-state index is 10.6. The minimum Gasteiger partial charge on any atom is -0.493 e. The van der Waals surface area contributed by atoms with Crippen molar-refractivity contribution in [2.24, 2.45) is 11.2 Å². The summed E-state index contributed by atoms with van der Waals surface area (Å²) in [5.41, 5.74) is 0.125. The van der Waals surface area contributed by atoms with Crippen molar-refractivity contribution < 1.29 is 9.47 Å². The van der Waals surface area contributed by atoms with Gasteiger partial charge in [0.1, 0.15) is 0 Å². The quantitative estimate of drug-likeness (QED) is 0.545. The number of nitriles is 1. The highest BCUT2D eigenvalue weighted by Gasteiger charge is 2.36. The Labute approximate surface area is 131 Å². The third-order valence-corrected chi connectivity index (χ3v) is 4.05. The van der Waals surface area contributed by atoms with Gasteiger partial charge in [0.2, 0.25) is 0 Å². The van der Waals surface area contributed by atoms with Crippen molar-refractivity contribution in [3.63, 3.8) is 0 Å². The number of benzene rings is 1. The van der Waals surface area contributed by atoms with Crippen LogP contribution in [0.15, 0.2) is 23.5 Å². The van der Waals surface area contributed by atoms with Crippen molar-refractivity contribution in [1.29, 1.82) is 5.26 Å². The topological polar surface area (TPSA) is 74.9 Å². The lowest BCUT2D eigenvalue weighted by molar-refractivity contribution is 0.276. The highest BCUT2D eigenvalue weighted by molar-refractivity contribution is 5.47. The Morgan fingerprint density at radius 1 is 1.32 bits per heavy atom. The molecule has 0 saturated heterocycles. The van der Waals surface area contributed by atoms with Gasteiger partial charge in [0.25, 0.3) is 0 Å². The lowest BCUT2D eigenvalue weighted by Crippen LogP contribution is -2.34. The molecule has 1 aromatic carbocycles. The van der Waals surface area contributed by atoms with Crippen LogP contribution in [-0.2, 0) is 5.41 Å². The van der Waals surface area contributed by atoms with Gasteiger partial charge < -0.3 is 9.47 Å². The second-order valence-electron chi connectivity index (χ2n) is 5.52. The smallest absolute Gasteiger partial charge is 0.161 e. The summed E-state index contributed by atoms with van der Waals surface area (Å²) in [5, 5.41) is 14.0. The molecule has 0 fully saturated rings. The molecule has 120 valence electrons. The fourth-order valence-electron chi connectivity index (χ4n) is 2.51. The lowest BCUT2D eigenvalue weighted by atomic mass is 9.70. The Morgan fingerprint density at radius 2 is 1.95 bits per heavy atom. The Kier molecular flexibility index (Phi) is 6.17. The number of methoxy groups -OCH3 is 2. The number of nitroso groups, excluding NO2 is 1. The van der Waals surface area contributed by atoms with Gasteiger partial charge in [-0.1, -0.05) is 19.9 Å². The molecule has 0 radical (unpaired) electrons. The third-order valence-electron chi connectivity index (χ3n) is 4.05. The average molecular weight is 305 g/mol. The molecule has 0 saturated carbocycles. The molecule has 1 unspecified atom stereocenters. The van der Waals surface area contributed by atoms with Crippen molar-refractivity contribution in [2.45, 2.75) is 25.7 Å². The molecule has 1 aromatic rings. The Bertz CT molecular complexity index is 554. The maximum Gasteiger partial charge on any atom is 0.161 e. The summed E-state index contributed by atoms with van der Waals surface area (Å²) in [6, 6.07) is 7.93. The maximum atomic E-state index is 10.6. The molecule has 0 aliphatic carbocycles. The summed E-state index contributed by atoms with van der Waals surface area (Å²) in [4.78, 5) is 10.6. The van der Waals surface area contributed by atoms with E-state index in [1.54, 1.807) is 27.3 Å². The average Bonchev–Trinajstić information content (AvgIpc) is 2.54. The molecule has 0 amide bonds. The van der Waals surface area contributed by atoms with Crippen LogP contribution in [0.1, 0.15) is 25.8 Å². The van der Waals surface area contributed by atoms with E-state index in [1.807, 2.05) is 26.0 Å².